The zero-order valence-electron chi connectivity index (χ0n) is 8.41. The molecule has 1 unspecified atom stereocenters. The van der Waals surface area contributed by atoms with E-state index in [2.05, 4.69) is 10.3 Å². The van der Waals surface area contributed by atoms with Gasteiger partial charge >= 0.3 is 0 Å². The smallest absolute Gasteiger partial charge is 0.234 e. The molecule has 14 heavy (non-hydrogen) atoms. The second-order valence-electron chi connectivity index (χ2n) is 3.06. The summed E-state index contributed by atoms with van der Waals surface area (Å²) in [5.41, 5.74) is 6.22. The number of thiazole rings is 1. The first-order valence-electron chi connectivity index (χ1n) is 4.58. The van der Waals surface area contributed by atoms with Gasteiger partial charge in [0.25, 0.3) is 0 Å². The van der Waals surface area contributed by atoms with Crippen molar-refractivity contribution in [1.29, 1.82) is 0 Å². The molecule has 1 amide bonds. The molecular formula is C9H15N3OS. The molecule has 3 N–H and O–H groups in total. The summed E-state index contributed by atoms with van der Waals surface area (Å²) in [4.78, 5) is 15.4. The number of hydrogen-bond donors (Lipinski definition) is 2. The van der Waals surface area contributed by atoms with E-state index in [-0.39, 0.29) is 18.5 Å². The molecule has 0 aliphatic carbocycles. The van der Waals surface area contributed by atoms with Gasteiger partial charge in [0.1, 0.15) is 5.01 Å². The van der Waals surface area contributed by atoms with E-state index in [0.717, 1.165) is 17.1 Å². The van der Waals surface area contributed by atoms with E-state index in [1.165, 1.54) is 0 Å². The van der Waals surface area contributed by atoms with Crippen LogP contribution in [-0.2, 0) is 4.79 Å². The van der Waals surface area contributed by atoms with Crippen LogP contribution in [0.15, 0.2) is 5.38 Å². The molecule has 0 fully saturated rings. The van der Waals surface area contributed by atoms with E-state index in [4.69, 9.17) is 5.73 Å². The number of nitrogens with zero attached hydrogens (tertiary/aromatic N) is 1. The molecular weight excluding hydrogens is 198 g/mol. The van der Waals surface area contributed by atoms with Crippen LogP contribution in [0.4, 0.5) is 0 Å². The lowest BCUT2D eigenvalue weighted by molar-refractivity contribution is -0.120. The van der Waals surface area contributed by atoms with Crippen molar-refractivity contribution in [2.45, 2.75) is 26.3 Å². The lowest BCUT2D eigenvalue weighted by atomic mass is 10.2. The minimum atomic E-state index is -0.135. The Kier molecular flexibility index (Phi) is 4.03. The van der Waals surface area contributed by atoms with Gasteiger partial charge in [-0.3, -0.25) is 4.79 Å². The molecule has 0 aliphatic rings. The van der Waals surface area contributed by atoms with E-state index < -0.39 is 0 Å². The molecule has 1 heterocycles. The number of nitrogens with one attached hydrogen (secondary N) is 1. The van der Waals surface area contributed by atoms with Gasteiger partial charge < -0.3 is 11.1 Å². The highest BCUT2D eigenvalue weighted by Crippen LogP contribution is 2.20. The van der Waals surface area contributed by atoms with Crippen LogP contribution in [0.25, 0.3) is 0 Å². The van der Waals surface area contributed by atoms with E-state index in [0.29, 0.717) is 0 Å². The molecule has 78 valence electrons. The predicted octanol–water partition coefficient (Wildman–Crippen LogP) is 0.978. The Hall–Kier alpha value is -0.940. The molecule has 0 radical (unpaired) electrons. The molecule has 0 saturated carbocycles. The summed E-state index contributed by atoms with van der Waals surface area (Å²) in [5, 5.41) is 5.76. The number of nitrogens with two attached hydrogens (primary N) is 1. The normalized spacial score (nSPS) is 12.5. The highest BCUT2D eigenvalue weighted by Gasteiger charge is 2.14. The first-order chi connectivity index (χ1) is 6.67. The van der Waals surface area contributed by atoms with Gasteiger partial charge in [0, 0.05) is 11.1 Å². The minimum absolute atomic E-state index is 0.00440. The fourth-order valence-corrected chi connectivity index (χ4v) is 2.05. The number of rotatable bonds is 4. The second kappa shape index (κ2) is 5.07. The number of aromatic nitrogens is 1. The summed E-state index contributed by atoms with van der Waals surface area (Å²) < 4.78 is 0. The maximum atomic E-state index is 11.1. The number of amides is 1. The average Bonchev–Trinajstić information content (AvgIpc) is 2.60. The Morgan fingerprint density at radius 1 is 1.79 bits per heavy atom. The van der Waals surface area contributed by atoms with E-state index >= 15 is 0 Å². The van der Waals surface area contributed by atoms with Gasteiger partial charge in [-0.1, -0.05) is 6.92 Å². The third-order valence-electron chi connectivity index (χ3n) is 1.86. The number of carbonyl (C=O) groups excluding carboxylic acids is 1. The monoisotopic (exact) mass is 213 g/mol. The second-order valence-corrected chi connectivity index (χ2v) is 3.95. The van der Waals surface area contributed by atoms with Crippen molar-refractivity contribution < 1.29 is 4.79 Å². The summed E-state index contributed by atoms with van der Waals surface area (Å²) in [7, 11) is 0. The Bertz CT molecular complexity index is 311. The van der Waals surface area contributed by atoms with Gasteiger partial charge in [0.15, 0.2) is 0 Å². The maximum Gasteiger partial charge on any atom is 0.234 e. The van der Waals surface area contributed by atoms with Crippen LogP contribution < -0.4 is 11.1 Å². The summed E-state index contributed by atoms with van der Waals surface area (Å²) >= 11 is 1.57. The van der Waals surface area contributed by atoms with Gasteiger partial charge in [-0.2, -0.15) is 0 Å². The zero-order valence-corrected chi connectivity index (χ0v) is 9.23. The first kappa shape index (κ1) is 11.1. The molecule has 0 saturated heterocycles. The summed E-state index contributed by atoms with van der Waals surface area (Å²) in [5.74, 6) is -0.135. The van der Waals surface area contributed by atoms with Gasteiger partial charge in [-0.25, -0.2) is 4.98 Å². The van der Waals surface area contributed by atoms with E-state index in [9.17, 15) is 4.79 Å². The van der Waals surface area contributed by atoms with Crippen LogP contribution in [0.3, 0.4) is 0 Å². The Labute approximate surface area is 87.5 Å². The van der Waals surface area contributed by atoms with Crippen molar-refractivity contribution in [3.63, 3.8) is 0 Å². The lowest BCUT2D eigenvalue weighted by Crippen LogP contribution is -2.33. The lowest BCUT2D eigenvalue weighted by Gasteiger charge is -2.13. The Morgan fingerprint density at radius 3 is 2.93 bits per heavy atom. The highest BCUT2D eigenvalue weighted by molar-refractivity contribution is 7.09. The zero-order chi connectivity index (χ0) is 10.6. The van der Waals surface area contributed by atoms with Gasteiger partial charge in [-0.15, -0.1) is 11.3 Å². The summed E-state index contributed by atoms with van der Waals surface area (Å²) in [6.45, 7) is 3.98. The fraction of sp³-hybridized carbons (Fsp3) is 0.556. The van der Waals surface area contributed by atoms with Crippen molar-refractivity contribution >= 4 is 17.2 Å². The Balaban J connectivity index is 2.67. The minimum Gasteiger partial charge on any atom is -0.346 e. The quantitative estimate of drug-likeness (QED) is 0.783. The van der Waals surface area contributed by atoms with Gasteiger partial charge in [0.05, 0.1) is 12.6 Å². The van der Waals surface area contributed by atoms with Crippen LogP contribution in [-0.4, -0.2) is 17.4 Å². The van der Waals surface area contributed by atoms with Crippen molar-refractivity contribution in [1.82, 2.24) is 10.3 Å². The van der Waals surface area contributed by atoms with Crippen molar-refractivity contribution in [2.24, 2.45) is 5.73 Å². The van der Waals surface area contributed by atoms with Crippen molar-refractivity contribution in [2.75, 3.05) is 6.54 Å². The maximum absolute atomic E-state index is 11.1. The van der Waals surface area contributed by atoms with Crippen molar-refractivity contribution in [3.8, 4) is 0 Å². The number of aryl methyl sites for hydroxylation is 1. The van der Waals surface area contributed by atoms with Crippen LogP contribution in [0.2, 0.25) is 0 Å². The van der Waals surface area contributed by atoms with Crippen LogP contribution in [0, 0.1) is 6.92 Å². The molecule has 1 aromatic heterocycles. The predicted molar refractivity (Wildman–Crippen MR) is 57.1 cm³/mol. The summed E-state index contributed by atoms with van der Waals surface area (Å²) in [6, 6.07) is 0.00440. The van der Waals surface area contributed by atoms with E-state index in [1.807, 2.05) is 19.2 Å². The molecule has 0 aromatic carbocycles. The third kappa shape index (κ3) is 2.78. The average molecular weight is 213 g/mol. The van der Waals surface area contributed by atoms with Gasteiger partial charge in [0.2, 0.25) is 5.91 Å². The molecule has 1 rings (SSSR count). The van der Waals surface area contributed by atoms with Crippen LogP contribution in [0.1, 0.15) is 30.1 Å². The Morgan fingerprint density at radius 2 is 2.50 bits per heavy atom. The molecule has 1 aromatic rings. The number of hydrogen-bond acceptors (Lipinski definition) is 4. The molecule has 0 bridgehead atoms. The molecule has 0 aliphatic heterocycles. The first-order valence-corrected chi connectivity index (χ1v) is 5.46. The standard InChI is InChI=1S/C9H15N3OS/c1-3-7(12-8(13)4-10)9-11-6(2)5-14-9/h5,7H,3-4,10H2,1-2H3,(H,12,13). The topological polar surface area (TPSA) is 68.0 Å². The van der Waals surface area contributed by atoms with Crippen LogP contribution in [0.5, 0.6) is 0 Å². The third-order valence-corrected chi connectivity index (χ3v) is 2.94. The van der Waals surface area contributed by atoms with Gasteiger partial charge in [-0.05, 0) is 13.3 Å². The highest BCUT2D eigenvalue weighted by atomic mass is 32.1. The largest absolute Gasteiger partial charge is 0.346 e. The van der Waals surface area contributed by atoms with E-state index in [1.54, 1.807) is 11.3 Å². The molecule has 0 spiro atoms. The van der Waals surface area contributed by atoms with Crippen LogP contribution >= 0.6 is 11.3 Å². The van der Waals surface area contributed by atoms with Crippen molar-refractivity contribution in [3.05, 3.63) is 16.1 Å². The molecule has 5 heteroatoms. The molecule has 1 atom stereocenters. The molecule has 4 nitrogen and oxygen atoms in total. The fourth-order valence-electron chi connectivity index (χ4n) is 1.12. The summed E-state index contributed by atoms with van der Waals surface area (Å²) in [6.07, 6.45) is 0.832. The number of carbonyl (C=O) groups is 1. The SMILES string of the molecule is CCC(NC(=O)CN)c1nc(C)cs1.